The molecule has 618 valence electrons. The lowest BCUT2D eigenvalue weighted by Gasteiger charge is -2.04. The van der Waals surface area contributed by atoms with Crippen molar-refractivity contribution in [2.45, 2.75) is 54.1 Å². The molecule has 6 heterocycles. The van der Waals surface area contributed by atoms with Gasteiger partial charge in [-0.25, -0.2) is 51.9 Å². The highest BCUT2D eigenvalue weighted by Crippen LogP contribution is 2.36. The van der Waals surface area contributed by atoms with Crippen LogP contribution in [0.4, 0.5) is 86.9 Å². The molecule has 13 nitrogen and oxygen atoms in total. The van der Waals surface area contributed by atoms with Crippen LogP contribution >= 0.6 is 68.0 Å². The maximum absolute atomic E-state index is 13.6. The van der Waals surface area contributed by atoms with E-state index in [9.17, 15) is 22.0 Å². The molecule has 0 aliphatic rings. The minimum Gasteiger partial charge on any atom is -0.380 e. The first-order valence-electron chi connectivity index (χ1n) is 39.1. The van der Waals surface area contributed by atoms with Gasteiger partial charge in [-0.3, -0.25) is 0 Å². The molecule has 0 saturated heterocycles. The Morgan fingerprint density at radius 3 is 0.732 bits per heavy atom. The Labute approximate surface area is 736 Å². The number of hydrogen-bond acceptors (Lipinski definition) is 19. The standard InChI is InChI=1S/C17H15FN2OS.2C17H15FN2S.2C16H13FN2S.C16H14N2S/c1-21-10-12-5-4-6-13(9-12)16-11-22-17(20-16)19-15-8-3-2-7-14(15)18;2*1-2-12-6-5-7-13(10-12)16-11-21-17(20-16)19-15-9-4-3-8-14(15)18;2*1-11-5-4-6-12(9-11)15-10-20-16(19-15)18-14-8-3-2-7-13(14)17;1-12-6-5-7-13(10-12)15-11-19-16(18-15)17-14-8-3-2-4-9-14/h2-9,11H,10H2,1H3,(H,19,20);2*3-11H,2H2,1H3,(H,19,20);2*2-10H,1H3,(H,18,19);2-11H,1H3,(H,17,18). The first-order chi connectivity index (χ1) is 60.0. The van der Waals surface area contributed by atoms with Crippen molar-refractivity contribution in [1.29, 1.82) is 0 Å². The van der Waals surface area contributed by atoms with E-state index in [0.717, 1.165) is 96.8 Å². The fourth-order valence-electron chi connectivity index (χ4n) is 12.1. The number of para-hydroxylation sites is 6. The van der Waals surface area contributed by atoms with Gasteiger partial charge < -0.3 is 36.6 Å². The summed E-state index contributed by atoms with van der Waals surface area (Å²) >= 11 is 8.94. The van der Waals surface area contributed by atoms with Gasteiger partial charge in [0.25, 0.3) is 0 Å². The minimum atomic E-state index is -0.290. The zero-order valence-electron chi connectivity index (χ0n) is 67.8. The molecule has 24 heteroatoms. The van der Waals surface area contributed by atoms with Crippen LogP contribution in [0.15, 0.2) is 330 Å². The number of hydrogen-bond donors (Lipinski definition) is 6. The second kappa shape index (κ2) is 44.4. The molecule has 18 rings (SSSR count). The van der Waals surface area contributed by atoms with Crippen LogP contribution in [0.3, 0.4) is 0 Å². The van der Waals surface area contributed by atoms with Crippen molar-refractivity contribution >= 4 is 133 Å². The van der Waals surface area contributed by atoms with Crippen molar-refractivity contribution in [3.8, 4) is 67.5 Å². The van der Waals surface area contributed by atoms with Gasteiger partial charge in [-0.05, 0) is 159 Å². The zero-order valence-corrected chi connectivity index (χ0v) is 72.7. The van der Waals surface area contributed by atoms with E-state index in [1.807, 2.05) is 156 Å². The molecular formula is C99H85F5N12OS6. The van der Waals surface area contributed by atoms with Gasteiger partial charge in [0.1, 0.15) is 29.1 Å². The summed E-state index contributed by atoms with van der Waals surface area (Å²) in [6, 6.07) is 92.5. The highest BCUT2D eigenvalue weighted by molar-refractivity contribution is 7.15. The van der Waals surface area contributed by atoms with Crippen molar-refractivity contribution in [2.24, 2.45) is 0 Å². The van der Waals surface area contributed by atoms with Crippen LogP contribution in [0.25, 0.3) is 67.5 Å². The summed E-state index contributed by atoms with van der Waals surface area (Å²) in [5, 5.41) is 34.7. The maximum atomic E-state index is 13.6. The fourth-order valence-corrected chi connectivity index (χ4v) is 16.5. The highest BCUT2D eigenvalue weighted by atomic mass is 32.1. The second-order valence-corrected chi connectivity index (χ2v) is 32.7. The Morgan fingerprint density at radius 2 is 0.480 bits per heavy atom. The number of rotatable bonds is 22. The largest absolute Gasteiger partial charge is 0.380 e. The quantitative estimate of drug-likeness (QED) is 0.0357. The van der Waals surface area contributed by atoms with Crippen molar-refractivity contribution in [2.75, 3.05) is 39.0 Å². The van der Waals surface area contributed by atoms with Crippen molar-refractivity contribution in [1.82, 2.24) is 29.9 Å². The molecule has 0 unspecified atom stereocenters. The van der Waals surface area contributed by atoms with Crippen LogP contribution in [-0.2, 0) is 24.2 Å². The number of methoxy groups -OCH3 is 1. The molecule has 0 fully saturated rings. The van der Waals surface area contributed by atoms with Gasteiger partial charge in [-0.2, -0.15) is 0 Å². The lowest BCUT2D eigenvalue weighted by molar-refractivity contribution is 0.185. The van der Waals surface area contributed by atoms with E-state index in [1.54, 1.807) is 109 Å². The van der Waals surface area contributed by atoms with Crippen LogP contribution in [0.2, 0.25) is 0 Å². The van der Waals surface area contributed by atoms with Gasteiger partial charge in [0, 0.05) is 78.5 Å². The number of nitrogens with one attached hydrogen (secondary N) is 6. The maximum Gasteiger partial charge on any atom is 0.187 e. The molecule has 123 heavy (non-hydrogen) atoms. The number of nitrogens with zero attached hydrogens (tertiary/aromatic N) is 6. The number of anilines is 12. The van der Waals surface area contributed by atoms with E-state index >= 15 is 0 Å². The van der Waals surface area contributed by atoms with Crippen LogP contribution in [0, 0.1) is 49.9 Å². The van der Waals surface area contributed by atoms with Gasteiger partial charge in [-0.15, -0.1) is 68.0 Å². The third-order valence-electron chi connectivity index (χ3n) is 18.4. The predicted octanol–water partition coefficient (Wildman–Crippen LogP) is 30.2. The number of thiazole rings is 6. The van der Waals surface area contributed by atoms with Crippen LogP contribution in [0.5, 0.6) is 0 Å². The van der Waals surface area contributed by atoms with Crippen molar-refractivity contribution < 1.29 is 26.7 Å². The van der Waals surface area contributed by atoms with Gasteiger partial charge in [0.2, 0.25) is 0 Å². The monoisotopic (exact) mass is 1740 g/mol. The summed E-state index contributed by atoms with van der Waals surface area (Å²) in [6.07, 6.45) is 2.00. The van der Waals surface area contributed by atoms with Gasteiger partial charge >= 0.3 is 0 Å². The molecule has 0 bridgehead atoms. The van der Waals surface area contributed by atoms with Gasteiger partial charge in [0.15, 0.2) is 30.8 Å². The Morgan fingerprint density at radius 1 is 0.252 bits per heavy atom. The summed E-state index contributed by atoms with van der Waals surface area (Å²) in [5.41, 5.74) is 22.6. The lowest BCUT2D eigenvalue weighted by Crippen LogP contribution is -1.93. The van der Waals surface area contributed by atoms with Crippen molar-refractivity contribution in [3.63, 3.8) is 0 Å². The Kier molecular flexibility index (Phi) is 31.6. The van der Waals surface area contributed by atoms with Crippen LogP contribution < -0.4 is 31.9 Å². The molecule has 0 atom stereocenters. The number of ether oxygens (including phenoxy) is 1. The Bertz CT molecular complexity index is 6150. The van der Waals surface area contributed by atoms with Crippen LogP contribution in [0.1, 0.15) is 47.2 Å². The second-order valence-electron chi connectivity index (χ2n) is 27.6. The first kappa shape index (κ1) is 87.6. The number of aromatic nitrogens is 6. The molecule has 18 aromatic rings. The molecule has 6 N–H and O–H groups in total. The normalized spacial score (nSPS) is 10.5. The minimum absolute atomic E-state index is 0.276. The molecule has 0 radical (unpaired) electrons. The number of halogens is 5. The molecule has 6 aromatic heterocycles. The summed E-state index contributed by atoms with van der Waals surface area (Å²) in [6.45, 7) is 11.0. The van der Waals surface area contributed by atoms with Crippen molar-refractivity contribution in [3.05, 3.63) is 392 Å². The molecule has 0 aliphatic heterocycles. The average Bonchev–Trinajstić information content (AvgIpc) is 1.75. The molecule has 0 aliphatic carbocycles. The molecule has 12 aromatic carbocycles. The smallest absolute Gasteiger partial charge is 0.187 e. The topological polar surface area (TPSA) is 159 Å². The lowest BCUT2D eigenvalue weighted by atomic mass is 10.1. The molecule has 0 amide bonds. The van der Waals surface area contributed by atoms with Gasteiger partial charge in [-0.1, -0.05) is 219 Å². The van der Waals surface area contributed by atoms with E-state index in [1.165, 1.54) is 115 Å². The molecular weight excluding hydrogens is 1660 g/mol. The third kappa shape index (κ3) is 25.9. The first-order valence-corrected chi connectivity index (χ1v) is 44.4. The average molecular weight is 1750 g/mol. The fraction of sp³-hybridized carbons (Fsp3) is 0.0909. The van der Waals surface area contributed by atoms with Gasteiger partial charge in [0.05, 0.1) is 69.2 Å². The Hall–Kier alpha value is -13.2. The third-order valence-corrected chi connectivity index (χ3v) is 22.9. The highest BCUT2D eigenvalue weighted by Gasteiger charge is 2.15. The zero-order chi connectivity index (χ0) is 85.7. The summed E-state index contributed by atoms with van der Waals surface area (Å²) < 4.78 is 73.2. The van der Waals surface area contributed by atoms with E-state index in [4.69, 9.17) is 4.74 Å². The molecule has 0 saturated carbocycles. The number of aryl methyl sites for hydroxylation is 5. The van der Waals surface area contributed by atoms with E-state index < -0.39 is 0 Å². The van der Waals surface area contributed by atoms with E-state index in [-0.39, 0.29) is 29.1 Å². The summed E-state index contributed by atoms with van der Waals surface area (Å²) in [7, 11) is 1.67. The number of benzene rings is 12. The summed E-state index contributed by atoms with van der Waals surface area (Å²) in [4.78, 5) is 27.2. The Balaban J connectivity index is 0.000000127. The molecule has 0 spiro atoms. The van der Waals surface area contributed by atoms with E-state index in [2.05, 4.69) is 149 Å². The summed E-state index contributed by atoms with van der Waals surface area (Å²) in [5.74, 6) is -1.40. The van der Waals surface area contributed by atoms with E-state index in [0.29, 0.717) is 60.7 Å². The SMILES string of the molecule is CCc1cccc(-c2csc(Nc3ccccc3F)n2)c1.CCc1cccc(-c2csc(Nc3ccccc3F)n2)c1.COCc1cccc(-c2csc(Nc3ccccc3F)n2)c1.Cc1cccc(-c2csc(Nc3ccccc3)n2)c1.Cc1cccc(-c2csc(Nc3ccccc3F)n2)c1.Cc1cccc(-c2csc(Nc3ccccc3F)n2)c1. The van der Waals surface area contributed by atoms with Crippen LogP contribution in [-0.4, -0.2) is 37.0 Å². The predicted molar refractivity (Wildman–Crippen MR) is 507 cm³/mol.